The van der Waals surface area contributed by atoms with Crippen LogP contribution in [-0.4, -0.2) is 45.3 Å². The highest BCUT2D eigenvalue weighted by atomic mass is 35.5. The normalized spacial score (nSPS) is 12.1. The molecule has 0 N–H and O–H groups in total. The van der Waals surface area contributed by atoms with Crippen molar-refractivity contribution in [3.8, 4) is 0 Å². The second kappa shape index (κ2) is 9.09. The summed E-state index contributed by atoms with van der Waals surface area (Å²) in [4.78, 5) is 10.6. The van der Waals surface area contributed by atoms with Gasteiger partial charge in [-0.05, 0) is 35.0 Å². The summed E-state index contributed by atoms with van der Waals surface area (Å²) in [5.41, 5.74) is 3.68. The molecule has 9 heteroatoms. The van der Waals surface area contributed by atoms with Crippen LogP contribution >= 0.6 is 11.6 Å². The molecular formula is C19H19ClN6O2. The minimum Gasteiger partial charge on any atom is -0.399 e. The van der Waals surface area contributed by atoms with Crippen LogP contribution < -0.4 is 0 Å². The summed E-state index contributed by atoms with van der Waals surface area (Å²) in [6, 6.07) is 15.1. The second-order valence-electron chi connectivity index (χ2n) is 5.89. The van der Waals surface area contributed by atoms with E-state index in [1.54, 1.807) is 13.1 Å². The predicted octanol–water partition coefficient (Wildman–Crippen LogP) is 2.99. The highest BCUT2D eigenvalue weighted by Crippen LogP contribution is 2.17. The lowest BCUT2D eigenvalue weighted by Crippen LogP contribution is -2.14. The Hall–Kier alpha value is -3.26. The van der Waals surface area contributed by atoms with Crippen LogP contribution in [0.1, 0.15) is 22.5 Å². The monoisotopic (exact) mass is 398 g/mol. The van der Waals surface area contributed by atoms with E-state index in [9.17, 15) is 0 Å². The number of tetrazole rings is 1. The molecule has 2 aromatic carbocycles. The molecule has 1 aromatic heterocycles. The molecule has 0 aliphatic carbocycles. The standard InChI is InChI=1S/C19H19ClN6O2/c1-13-11-15(9-10-16(13)20)17(22-27-3)12-28-23-18(14-7-5-4-6-8-14)19-21-24-25-26(19)2/h4-11H,12H2,1-3H3/b22-17-,23-18-. The number of oxime groups is 2. The van der Waals surface area contributed by atoms with Gasteiger partial charge in [0.25, 0.3) is 0 Å². The summed E-state index contributed by atoms with van der Waals surface area (Å²) in [5, 5.41) is 20.6. The Morgan fingerprint density at radius 3 is 2.54 bits per heavy atom. The van der Waals surface area contributed by atoms with Gasteiger partial charge in [0.15, 0.2) is 12.3 Å². The van der Waals surface area contributed by atoms with E-state index >= 15 is 0 Å². The molecule has 0 atom stereocenters. The maximum atomic E-state index is 6.10. The molecule has 0 fully saturated rings. The molecule has 0 saturated heterocycles. The third-order valence-electron chi connectivity index (χ3n) is 3.93. The van der Waals surface area contributed by atoms with Gasteiger partial charge in [-0.2, -0.15) is 0 Å². The van der Waals surface area contributed by atoms with E-state index in [4.69, 9.17) is 21.3 Å². The molecule has 144 valence electrons. The third-order valence-corrected chi connectivity index (χ3v) is 4.35. The van der Waals surface area contributed by atoms with Crippen molar-refractivity contribution in [2.24, 2.45) is 17.4 Å². The Balaban J connectivity index is 1.86. The first-order valence-corrected chi connectivity index (χ1v) is 8.82. The Morgan fingerprint density at radius 2 is 1.89 bits per heavy atom. The van der Waals surface area contributed by atoms with Crippen molar-refractivity contribution in [1.29, 1.82) is 0 Å². The highest BCUT2D eigenvalue weighted by Gasteiger charge is 2.15. The summed E-state index contributed by atoms with van der Waals surface area (Å²) < 4.78 is 1.53. The average molecular weight is 399 g/mol. The quantitative estimate of drug-likeness (QED) is 0.451. The molecule has 0 bridgehead atoms. The number of aromatic nitrogens is 4. The number of halogens is 1. The first-order valence-electron chi connectivity index (χ1n) is 8.44. The van der Waals surface area contributed by atoms with Gasteiger partial charge in [0.1, 0.15) is 12.8 Å². The van der Waals surface area contributed by atoms with E-state index in [2.05, 4.69) is 25.8 Å². The van der Waals surface area contributed by atoms with Gasteiger partial charge in [-0.25, -0.2) is 4.68 Å². The van der Waals surface area contributed by atoms with Crippen molar-refractivity contribution < 1.29 is 9.68 Å². The van der Waals surface area contributed by atoms with E-state index in [0.717, 1.165) is 16.7 Å². The zero-order valence-corrected chi connectivity index (χ0v) is 16.5. The summed E-state index contributed by atoms with van der Waals surface area (Å²) >= 11 is 6.10. The number of rotatable bonds is 7. The van der Waals surface area contributed by atoms with Crippen molar-refractivity contribution in [2.75, 3.05) is 13.7 Å². The maximum Gasteiger partial charge on any atom is 0.204 e. The largest absolute Gasteiger partial charge is 0.399 e. The molecule has 28 heavy (non-hydrogen) atoms. The number of nitrogens with zero attached hydrogens (tertiary/aromatic N) is 6. The zero-order chi connectivity index (χ0) is 19.9. The lowest BCUT2D eigenvalue weighted by molar-refractivity contribution is 0.173. The number of hydrogen-bond acceptors (Lipinski definition) is 7. The molecule has 0 radical (unpaired) electrons. The molecule has 3 rings (SSSR count). The van der Waals surface area contributed by atoms with Gasteiger partial charge in [0.05, 0.1) is 0 Å². The smallest absolute Gasteiger partial charge is 0.204 e. The summed E-state index contributed by atoms with van der Waals surface area (Å²) in [7, 11) is 3.22. The van der Waals surface area contributed by atoms with Gasteiger partial charge >= 0.3 is 0 Å². The lowest BCUT2D eigenvalue weighted by Gasteiger charge is -2.09. The SMILES string of the molecule is CO/N=C(/CO/N=C(/c1ccccc1)c1nnnn1C)c1ccc(Cl)c(C)c1. The molecule has 0 aliphatic heterocycles. The summed E-state index contributed by atoms with van der Waals surface area (Å²) in [6.45, 7) is 2.01. The number of hydrogen-bond donors (Lipinski definition) is 0. The highest BCUT2D eigenvalue weighted by molar-refractivity contribution is 6.31. The van der Waals surface area contributed by atoms with Crippen molar-refractivity contribution in [3.63, 3.8) is 0 Å². The van der Waals surface area contributed by atoms with E-state index in [0.29, 0.717) is 22.3 Å². The Kier molecular flexibility index (Phi) is 6.33. The molecular weight excluding hydrogens is 380 g/mol. The molecule has 0 unspecified atom stereocenters. The van der Waals surface area contributed by atoms with E-state index < -0.39 is 0 Å². The predicted molar refractivity (Wildman–Crippen MR) is 107 cm³/mol. The van der Waals surface area contributed by atoms with E-state index in [-0.39, 0.29) is 6.61 Å². The average Bonchev–Trinajstić information content (AvgIpc) is 3.13. The first-order chi connectivity index (χ1) is 13.6. The van der Waals surface area contributed by atoms with E-state index in [1.165, 1.54) is 11.8 Å². The molecule has 8 nitrogen and oxygen atoms in total. The van der Waals surface area contributed by atoms with Crippen molar-refractivity contribution in [3.05, 3.63) is 76.1 Å². The van der Waals surface area contributed by atoms with Gasteiger partial charge in [0.2, 0.25) is 5.82 Å². The Labute approximate surface area is 167 Å². The van der Waals surface area contributed by atoms with Crippen LogP contribution in [0.3, 0.4) is 0 Å². The third kappa shape index (κ3) is 4.52. The fourth-order valence-corrected chi connectivity index (χ4v) is 2.62. The van der Waals surface area contributed by atoms with Crippen LogP contribution in [0, 0.1) is 6.92 Å². The van der Waals surface area contributed by atoms with Gasteiger partial charge in [-0.1, -0.05) is 58.3 Å². The topological polar surface area (TPSA) is 86.8 Å². The molecule has 0 saturated carbocycles. The van der Waals surface area contributed by atoms with Crippen LogP contribution in [0.25, 0.3) is 0 Å². The van der Waals surface area contributed by atoms with Crippen LogP contribution in [-0.2, 0) is 16.7 Å². The molecule has 0 aliphatic rings. The molecule has 0 spiro atoms. The molecule has 0 amide bonds. The molecule has 3 aromatic rings. The molecule has 1 heterocycles. The second-order valence-corrected chi connectivity index (χ2v) is 6.30. The van der Waals surface area contributed by atoms with Gasteiger partial charge in [0, 0.05) is 23.2 Å². The zero-order valence-electron chi connectivity index (χ0n) is 15.7. The number of aryl methyl sites for hydroxylation is 2. The Bertz CT molecular complexity index is 1000. The number of benzene rings is 2. The first kappa shape index (κ1) is 19.5. The van der Waals surface area contributed by atoms with Gasteiger partial charge in [-0.15, -0.1) is 5.10 Å². The fraction of sp³-hybridized carbons (Fsp3) is 0.211. The van der Waals surface area contributed by atoms with Crippen LogP contribution in [0.5, 0.6) is 0 Å². The Morgan fingerprint density at radius 1 is 1.11 bits per heavy atom. The van der Waals surface area contributed by atoms with Crippen molar-refractivity contribution >= 4 is 23.0 Å². The minimum atomic E-state index is 0.0938. The van der Waals surface area contributed by atoms with Crippen LogP contribution in [0.2, 0.25) is 5.02 Å². The van der Waals surface area contributed by atoms with Crippen molar-refractivity contribution in [2.45, 2.75) is 6.92 Å². The van der Waals surface area contributed by atoms with Gasteiger partial charge in [-0.3, -0.25) is 0 Å². The van der Waals surface area contributed by atoms with Crippen molar-refractivity contribution in [1.82, 2.24) is 20.2 Å². The van der Waals surface area contributed by atoms with Gasteiger partial charge < -0.3 is 9.68 Å². The van der Waals surface area contributed by atoms with E-state index in [1.807, 2.05) is 49.4 Å². The summed E-state index contributed by atoms with van der Waals surface area (Å²) in [5.74, 6) is 0.485. The maximum absolute atomic E-state index is 6.10. The minimum absolute atomic E-state index is 0.0938. The lowest BCUT2D eigenvalue weighted by atomic mass is 10.1. The van der Waals surface area contributed by atoms with Crippen LogP contribution in [0.4, 0.5) is 0 Å². The fourth-order valence-electron chi connectivity index (χ4n) is 2.50. The summed E-state index contributed by atoms with van der Waals surface area (Å²) in [6.07, 6.45) is 0. The van der Waals surface area contributed by atoms with Crippen LogP contribution in [0.15, 0.2) is 58.8 Å².